The summed E-state index contributed by atoms with van der Waals surface area (Å²) in [7, 11) is 1.34. The quantitative estimate of drug-likeness (QED) is 0.873. The molecular formula is C10H7FN2O4. The molecule has 7 heteroatoms. The number of halogens is 1. The summed E-state index contributed by atoms with van der Waals surface area (Å²) >= 11 is 0. The molecule has 0 aliphatic heterocycles. The van der Waals surface area contributed by atoms with Gasteiger partial charge in [-0.3, -0.25) is 0 Å². The van der Waals surface area contributed by atoms with Gasteiger partial charge in [0.05, 0.1) is 7.11 Å². The molecule has 1 heterocycles. The van der Waals surface area contributed by atoms with Crippen LogP contribution in [0.1, 0.15) is 10.7 Å². The normalized spacial score (nSPS) is 10.2. The van der Waals surface area contributed by atoms with Gasteiger partial charge < -0.3 is 14.3 Å². The van der Waals surface area contributed by atoms with Crippen LogP contribution in [0.4, 0.5) is 4.39 Å². The number of carboxylic acids is 1. The molecule has 0 aliphatic rings. The lowest BCUT2D eigenvalue weighted by molar-refractivity contribution is 0.0654. The maximum absolute atomic E-state index is 13.4. The molecule has 6 nitrogen and oxygen atoms in total. The largest absolute Gasteiger partial charge is 0.494 e. The second kappa shape index (κ2) is 4.20. The van der Waals surface area contributed by atoms with Crippen molar-refractivity contribution in [2.24, 2.45) is 0 Å². The van der Waals surface area contributed by atoms with Crippen molar-refractivity contribution in [1.82, 2.24) is 10.2 Å². The molecule has 0 saturated heterocycles. The molecule has 88 valence electrons. The van der Waals surface area contributed by atoms with Crippen molar-refractivity contribution in [3.63, 3.8) is 0 Å². The van der Waals surface area contributed by atoms with Gasteiger partial charge in [0.1, 0.15) is 0 Å². The van der Waals surface area contributed by atoms with Gasteiger partial charge in [-0.1, -0.05) is 0 Å². The Hall–Kier alpha value is -2.44. The van der Waals surface area contributed by atoms with Crippen LogP contribution in [0.5, 0.6) is 5.75 Å². The zero-order valence-electron chi connectivity index (χ0n) is 8.68. The second-order valence-electron chi connectivity index (χ2n) is 3.07. The van der Waals surface area contributed by atoms with Crippen molar-refractivity contribution in [1.29, 1.82) is 0 Å². The summed E-state index contributed by atoms with van der Waals surface area (Å²) in [5, 5.41) is 15.4. The van der Waals surface area contributed by atoms with E-state index in [0.717, 1.165) is 6.07 Å². The lowest BCUT2D eigenvalue weighted by atomic mass is 10.2. The van der Waals surface area contributed by atoms with Gasteiger partial charge in [0.15, 0.2) is 11.6 Å². The standard InChI is InChI=1S/C10H7FN2O4/c1-16-7-3-2-5(4-6(7)11)8-12-13-9(17-8)10(14)15/h2-4H,1H3,(H,14,15). The highest BCUT2D eigenvalue weighted by Gasteiger charge is 2.15. The molecule has 17 heavy (non-hydrogen) atoms. The molecule has 1 aromatic carbocycles. The summed E-state index contributed by atoms with van der Waals surface area (Å²) in [6.07, 6.45) is 0. The van der Waals surface area contributed by atoms with Gasteiger partial charge in [0.25, 0.3) is 0 Å². The number of hydrogen-bond acceptors (Lipinski definition) is 5. The summed E-state index contributed by atoms with van der Waals surface area (Å²) in [4.78, 5) is 10.5. The Balaban J connectivity index is 2.39. The lowest BCUT2D eigenvalue weighted by Crippen LogP contribution is -1.95. The third-order valence-electron chi connectivity index (χ3n) is 2.01. The minimum absolute atomic E-state index is 0.0658. The first-order valence-corrected chi connectivity index (χ1v) is 4.52. The molecule has 0 aliphatic carbocycles. The molecule has 0 unspecified atom stereocenters. The lowest BCUT2D eigenvalue weighted by Gasteiger charge is -2.01. The maximum atomic E-state index is 13.4. The zero-order valence-corrected chi connectivity index (χ0v) is 8.68. The first-order chi connectivity index (χ1) is 8.11. The average Bonchev–Trinajstić information content (AvgIpc) is 2.78. The fourth-order valence-electron chi connectivity index (χ4n) is 1.23. The van der Waals surface area contributed by atoms with Crippen molar-refractivity contribution < 1.29 is 23.4 Å². The van der Waals surface area contributed by atoms with Crippen molar-refractivity contribution in [2.45, 2.75) is 0 Å². The minimum Gasteiger partial charge on any atom is -0.494 e. The number of hydrogen-bond donors (Lipinski definition) is 1. The molecule has 0 saturated carbocycles. The summed E-state index contributed by atoms with van der Waals surface area (Å²) in [5.41, 5.74) is 0.281. The van der Waals surface area contributed by atoms with E-state index in [9.17, 15) is 9.18 Å². The number of methoxy groups -OCH3 is 1. The van der Waals surface area contributed by atoms with Gasteiger partial charge in [-0.15, -0.1) is 10.2 Å². The van der Waals surface area contributed by atoms with Crippen molar-refractivity contribution >= 4 is 5.97 Å². The predicted octanol–water partition coefficient (Wildman–Crippen LogP) is 1.58. The molecule has 0 bridgehead atoms. The third kappa shape index (κ3) is 2.07. The van der Waals surface area contributed by atoms with Crippen LogP contribution in [0.3, 0.4) is 0 Å². The number of rotatable bonds is 3. The Labute approximate surface area is 94.7 Å². The summed E-state index contributed by atoms with van der Waals surface area (Å²) in [6.45, 7) is 0. The Morgan fingerprint density at radius 1 is 1.47 bits per heavy atom. The van der Waals surface area contributed by atoms with Gasteiger partial charge in [-0.05, 0) is 18.2 Å². The molecule has 0 radical (unpaired) electrons. The number of nitrogens with zero attached hydrogens (tertiary/aromatic N) is 2. The summed E-state index contributed by atoms with van der Waals surface area (Å²) in [6, 6.07) is 3.99. The van der Waals surface area contributed by atoms with Crippen LogP contribution in [0.25, 0.3) is 11.5 Å². The molecular weight excluding hydrogens is 231 g/mol. The highest BCUT2D eigenvalue weighted by molar-refractivity contribution is 5.82. The van der Waals surface area contributed by atoms with Crippen LogP contribution in [0, 0.1) is 5.82 Å². The number of ether oxygens (including phenoxy) is 1. The predicted molar refractivity (Wildman–Crippen MR) is 53.2 cm³/mol. The number of aromatic carboxylic acids is 1. The van der Waals surface area contributed by atoms with E-state index in [2.05, 4.69) is 10.2 Å². The SMILES string of the molecule is COc1ccc(-c2nnc(C(=O)O)o2)cc1F. The van der Waals surface area contributed by atoms with Crippen LogP contribution in [0.2, 0.25) is 0 Å². The number of carboxylic acid groups (broad SMARTS) is 1. The number of benzene rings is 1. The minimum atomic E-state index is -1.34. The van der Waals surface area contributed by atoms with Crippen LogP contribution in [0.15, 0.2) is 22.6 Å². The van der Waals surface area contributed by atoms with Crippen LogP contribution < -0.4 is 4.74 Å². The van der Waals surface area contributed by atoms with Crippen LogP contribution >= 0.6 is 0 Å². The van der Waals surface area contributed by atoms with Gasteiger partial charge in [0.2, 0.25) is 5.89 Å². The van der Waals surface area contributed by atoms with E-state index in [4.69, 9.17) is 14.3 Å². The third-order valence-corrected chi connectivity index (χ3v) is 2.01. The maximum Gasteiger partial charge on any atom is 0.393 e. The molecule has 2 aromatic rings. The van der Waals surface area contributed by atoms with Crippen molar-refractivity contribution in [3.8, 4) is 17.2 Å². The van der Waals surface area contributed by atoms with Crippen LogP contribution in [-0.4, -0.2) is 28.4 Å². The van der Waals surface area contributed by atoms with E-state index in [-0.39, 0.29) is 17.2 Å². The van der Waals surface area contributed by atoms with E-state index >= 15 is 0 Å². The number of carbonyl (C=O) groups is 1. The Morgan fingerprint density at radius 2 is 2.24 bits per heavy atom. The first-order valence-electron chi connectivity index (χ1n) is 4.52. The Kier molecular flexibility index (Phi) is 2.73. The van der Waals surface area contributed by atoms with Gasteiger partial charge in [-0.25, -0.2) is 9.18 Å². The smallest absolute Gasteiger partial charge is 0.393 e. The summed E-state index contributed by atoms with van der Waals surface area (Å²) < 4.78 is 22.9. The molecule has 2 rings (SSSR count). The molecule has 1 N–H and O–H groups in total. The van der Waals surface area contributed by atoms with Gasteiger partial charge >= 0.3 is 11.9 Å². The van der Waals surface area contributed by atoms with E-state index in [1.807, 2.05) is 0 Å². The van der Waals surface area contributed by atoms with E-state index in [1.54, 1.807) is 0 Å². The van der Waals surface area contributed by atoms with E-state index in [0.29, 0.717) is 0 Å². The topological polar surface area (TPSA) is 85.5 Å². The van der Waals surface area contributed by atoms with Gasteiger partial charge in [0, 0.05) is 5.56 Å². The molecule has 0 atom stereocenters. The molecule has 0 amide bonds. The highest BCUT2D eigenvalue weighted by atomic mass is 19.1. The molecule has 0 fully saturated rings. The fraction of sp³-hybridized carbons (Fsp3) is 0.100. The first kappa shape index (κ1) is 11.1. The van der Waals surface area contributed by atoms with E-state index < -0.39 is 17.7 Å². The van der Waals surface area contributed by atoms with Crippen molar-refractivity contribution in [3.05, 3.63) is 29.9 Å². The van der Waals surface area contributed by atoms with Gasteiger partial charge in [-0.2, -0.15) is 0 Å². The van der Waals surface area contributed by atoms with Crippen molar-refractivity contribution in [2.75, 3.05) is 7.11 Å². The van der Waals surface area contributed by atoms with E-state index in [1.165, 1.54) is 19.2 Å². The monoisotopic (exact) mass is 238 g/mol. The van der Waals surface area contributed by atoms with Crippen LogP contribution in [-0.2, 0) is 0 Å². The zero-order chi connectivity index (χ0) is 12.4. The second-order valence-corrected chi connectivity index (χ2v) is 3.07. The molecule has 0 spiro atoms. The average molecular weight is 238 g/mol. The number of aromatic nitrogens is 2. The Morgan fingerprint density at radius 3 is 2.76 bits per heavy atom. The summed E-state index contributed by atoms with van der Waals surface area (Å²) in [5.74, 6) is -2.47. The fourth-order valence-corrected chi connectivity index (χ4v) is 1.23. The highest BCUT2D eigenvalue weighted by Crippen LogP contribution is 2.24. The Bertz CT molecular complexity index is 567. The molecule has 1 aromatic heterocycles.